The van der Waals surface area contributed by atoms with Gasteiger partial charge in [-0.3, -0.25) is 9.71 Å². The molecule has 0 radical (unpaired) electrons. The van der Waals surface area contributed by atoms with Crippen LogP contribution >= 0.6 is 11.6 Å². The van der Waals surface area contributed by atoms with E-state index in [9.17, 15) is 12.8 Å². The molecular weight excluding hydrogens is 507 g/mol. The SMILES string of the molecule is NC1CCC(Nc2nccc(-c3cnccc3Oc3cc(Cl)c(NS(=O)(=O)C4CC4)cc3F)n2)CC1. The third-order valence-electron chi connectivity index (χ3n) is 6.27. The van der Waals surface area contributed by atoms with Crippen molar-refractivity contribution in [3.8, 4) is 22.8 Å². The summed E-state index contributed by atoms with van der Waals surface area (Å²) in [6.07, 6.45) is 9.67. The Hall–Kier alpha value is -3.02. The zero-order valence-electron chi connectivity index (χ0n) is 19.3. The van der Waals surface area contributed by atoms with Gasteiger partial charge < -0.3 is 15.8 Å². The molecule has 2 aliphatic carbocycles. The van der Waals surface area contributed by atoms with Crippen LogP contribution in [-0.4, -0.2) is 40.7 Å². The van der Waals surface area contributed by atoms with Gasteiger partial charge >= 0.3 is 0 Å². The van der Waals surface area contributed by atoms with Crippen molar-refractivity contribution in [2.45, 2.75) is 55.9 Å². The maximum atomic E-state index is 14.9. The Morgan fingerprint density at radius 1 is 1.06 bits per heavy atom. The van der Waals surface area contributed by atoms with Crippen molar-refractivity contribution in [3.63, 3.8) is 0 Å². The lowest BCUT2D eigenvalue weighted by atomic mass is 9.92. The Kier molecular flexibility index (Phi) is 6.96. The summed E-state index contributed by atoms with van der Waals surface area (Å²) in [5.41, 5.74) is 7.04. The molecule has 190 valence electrons. The zero-order chi connectivity index (χ0) is 25.3. The topological polar surface area (TPSA) is 132 Å². The number of halogens is 2. The smallest absolute Gasteiger partial charge is 0.235 e. The Balaban J connectivity index is 1.36. The molecule has 4 N–H and O–H groups in total. The number of hydrogen-bond acceptors (Lipinski definition) is 8. The second kappa shape index (κ2) is 10.2. The van der Waals surface area contributed by atoms with Crippen LogP contribution < -0.4 is 20.5 Å². The number of rotatable bonds is 8. The number of hydrogen-bond donors (Lipinski definition) is 3. The lowest BCUT2D eigenvalue weighted by Crippen LogP contribution is -2.33. The van der Waals surface area contributed by atoms with Crippen molar-refractivity contribution in [2.75, 3.05) is 10.0 Å². The predicted octanol–water partition coefficient (Wildman–Crippen LogP) is 4.71. The summed E-state index contributed by atoms with van der Waals surface area (Å²) in [4.78, 5) is 13.1. The van der Waals surface area contributed by atoms with Gasteiger partial charge in [-0.2, -0.15) is 0 Å². The number of benzene rings is 1. The number of sulfonamides is 1. The average Bonchev–Trinajstić information content (AvgIpc) is 3.71. The molecule has 0 bridgehead atoms. The second-order valence-corrected chi connectivity index (χ2v) is 11.5. The van der Waals surface area contributed by atoms with Crippen LogP contribution in [0.1, 0.15) is 38.5 Å². The van der Waals surface area contributed by atoms with E-state index >= 15 is 0 Å². The second-order valence-electron chi connectivity index (χ2n) is 9.10. The van der Waals surface area contributed by atoms with Crippen molar-refractivity contribution in [3.05, 3.63) is 53.7 Å². The van der Waals surface area contributed by atoms with E-state index in [1.165, 1.54) is 12.3 Å². The first kappa shape index (κ1) is 24.7. The van der Waals surface area contributed by atoms with E-state index in [-0.39, 0.29) is 28.5 Å². The number of ether oxygens (including phenoxy) is 1. The summed E-state index contributed by atoms with van der Waals surface area (Å²) >= 11 is 6.26. The molecule has 12 heteroatoms. The molecule has 2 saturated carbocycles. The Morgan fingerprint density at radius 3 is 2.58 bits per heavy atom. The Labute approximate surface area is 213 Å². The van der Waals surface area contributed by atoms with Gasteiger partial charge in [-0.15, -0.1) is 0 Å². The van der Waals surface area contributed by atoms with Gasteiger partial charge in [0.2, 0.25) is 16.0 Å². The van der Waals surface area contributed by atoms with E-state index in [0.717, 1.165) is 31.7 Å². The first-order chi connectivity index (χ1) is 17.3. The van der Waals surface area contributed by atoms with Crippen LogP contribution in [0.25, 0.3) is 11.3 Å². The number of nitrogens with zero attached hydrogens (tertiary/aromatic N) is 3. The van der Waals surface area contributed by atoms with Gasteiger partial charge in [-0.1, -0.05) is 11.6 Å². The summed E-state index contributed by atoms with van der Waals surface area (Å²) in [6.45, 7) is 0. The third-order valence-corrected chi connectivity index (χ3v) is 8.44. The predicted molar refractivity (Wildman–Crippen MR) is 136 cm³/mol. The van der Waals surface area contributed by atoms with Crippen LogP contribution in [0.15, 0.2) is 42.9 Å². The lowest BCUT2D eigenvalue weighted by molar-refractivity contribution is 0.410. The molecule has 0 spiro atoms. The standard InChI is InChI=1S/C24H26ClFN6O3S/c25-18-11-23(19(26)12-21(18)32-36(33,34)16-5-6-16)35-22-8-9-28-13-17(22)20-7-10-29-24(31-20)30-15-3-1-14(27)2-4-15/h7-16,32H,1-6,27H2,(H,29,30,31). The fourth-order valence-electron chi connectivity index (χ4n) is 4.11. The maximum absolute atomic E-state index is 14.9. The van der Waals surface area contributed by atoms with E-state index in [1.54, 1.807) is 24.5 Å². The van der Waals surface area contributed by atoms with E-state index in [1.807, 2.05) is 0 Å². The van der Waals surface area contributed by atoms with Crippen molar-refractivity contribution in [2.24, 2.45) is 5.73 Å². The summed E-state index contributed by atoms with van der Waals surface area (Å²) in [7, 11) is -3.59. The molecule has 2 aliphatic rings. The summed E-state index contributed by atoms with van der Waals surface area (Å²) in [5, 5.41) is 2.92. The molecule has 2 fully saturated rings. The van der Waals surface area contributed by atoms with Gasteiger partial charge in [0.25, 0.3) is 0 Å². The van der Waals surface area contributed by atoms with Gasteiger partial charge in [-0.05, 0) is 50.7 Å². The minimum absolute atomic E-state index is 0.0203. The van der Waals surface area contributed by atoms with Gasteiger partial charge in [0, 0.05) is 42.8 Å². The van der Waals surface area contributed by atoms with Gasteiger partial charge in [0.15, 0.2) is 11.6 Å². The van der Waals surface area contributed by atoms with Crippen LogP contribution in [0.5, 0.6) is 11.5 Å². The molecular formula is C24H26ClFN6O3S. The molecule has 0 atom stereocenters. The summed E-state index contributed by atoms with van der Waals surface area (Å²) in [6, 6.07) is 6.05. The third kappa shape index (κ3) is 5.69. The number of anilines is 2. The number of nitrogens with one attached hydrogen (secondary N) is 2. The van der Waals surface area contributed by atoms with Crippen LogP contribution in [-0.2, 0) is 10.0 Å². The van der Waals surface area contributed by atoms with Crippen LogP contribution in [0.2, 0.25) is 5.02 Å². The van der Waals surface area contributed by atoms with Crippen molar-refractivity contribution < 1.29 is 17.5 Å². The largest absolute Gasteiger partial charge is 0.453 e. The highest BCUT2D eigenvalue weighted by atomic mass is 35.5. The molecule has 2 heterocycles. The molecule has 2 aromatic heterocycles. The van der Waals surface area contributed by atoms with Crippen LogP contribution in [0.4, 0.5) is 16.0 Å². The minimum atomic E-state index is -3.59. The van der Waals surface area contributed by atoms with Gasteiger partial charge in [-0.25, -0.2) is 22.8 Å². The molecule has 0 aliphatic heterocycles. The fourth-order valence-corrected chi connectivity index (χ4v) is 5.76. The average molecular weight is 533 g/mol. The highest BCUT2D eigenvalue weighted by Gasteiger charge is 2.36. The van der Waals surface area contributed by atoms with E-state index in [2.05, 4.69) is 25.0 Å². The highest BCUT2D eigenvalue weighted by Crippen LogP contribution is 2.38. The quantitative estimate of drug-likeness (QED) is 0.380. The minimum Gasteiger partial charge on any atom is -0.453 e. The molecule has 36 heavy (non-hydrogen) atoms. The van der Waals surface area contributed by atoms with Gasteiger partial charge in [0.05, 0.1) is 27.2 Å². The molecule has 3 aromatic rings. The molecule has 0 saturated heterocycles. The fraction of sp³-hybridized carbons (Fsp3) is 0.375. The number of pyridine rings is 1. The number of aromatic nitrogens is 3. The van der Waals surface area contributed by atoms with Crippen molar-refractivity contribution in [1.29, 1.82) is 0 Å². The zero-order valence-corrected chi connectivity index (χ0v) is 20.9. The van der Waals surface area contributed by atoms with Gasteiger partial charge in [0.1, 0.15) is 5.75 Å². The highest BCUT2D eigenvalue weighted by molar-refractivity contribution is 7.93. The molecule has 0 unspecified atom stereocenters. The van der Waals surface area contributed by atoms with E-state index in [0.29, 0.717) is 35.8 Å². The van der Waals surface area contributed by atoms with E-state index in [4.69, 9.17) is 22.1 Å². The Morgan fingerprint density at radius 2 is 1.83 bits per heavy atom. The molecule has 1 aromatic carbocycles. The lowest BCUT2D eigenvalue weighted by Gasteiger charge is -2.26. The molecule has 9 nitrogen and oxygen atoms in total. The monoisotopic (exact) mass is 532 g/mol. The van der Waals surface area contributed by atoms with Crippen molar-refractivity contribution in [1.82, 2.24) is 15.0 Å². The maximum Gasteiger partial charge on any atom is 0.235 e. The summed E-state index contributed by atoms with van der Waals surface area (Å²) in [5.74, 6) is -0.146. The van der Waals surface area contributed by atoms with E-state index < -0.39 is 21.1 Å². The normalized spacial score (nSPS) is 20.1. The molecule has 5 rings (SSSR count). The molecule has 0 amide bonds. The first-order valence-electron chi connectivity index (χ1n) is 11.8. The van der Waals surface area contributed by atoms with Crippen molar-refractivity contribution >= 4 is 33.3 Å². The summed E-state index contributed by atoms with van der Waals surface area (Å²) < 4.78 is 47.6. The number of nitrogens with two attached hydrogens (primary N) is 1. The van der Waals surface area contributed by atoms with Crippen LogP contribution in [0, 0.1) is 5.82 Å². The first-order valence-corrected chi connectivity index (χ1v) is 13.7. The Bertz CT molecular complexity index is 1360. The van der Waals surface area contributed by atoms with Crippen LogP contribution in [0.3, 0.4) is 0 Å².